The second-order valence-corrected chi connectivity index (χ2v) is 7.47. The Balaban J connectivity index is 1.42. The minimum absolute atomic E-state index is 0.00920. The van der Waals surface area contributed by atoms with Crippen LogP contribution < -0.4 is 5.56 Å². The van der Waals surface area contributed by atoms with Crippen molar-refractivity contribution in [3.05, 3.63) is 69.7 Å². The number of hydrogen-bond donors (Lipinski definition) is 1. The molecule has 136 valence electrons. The summed E-state index contributed by atoms with van der Waals surface area (Å²) in [6, 6.07) is 15.1. The quantitative estimate of drug-likeness (QED) is 0.579. The van der Waals surface area contributed by atoms with Crippen LogP contribution in [0.1, 0.15) is 17.3 Å². The fraction of sp³-hybridized carbons (Fsp3) is 0.200. The van der Waals surface area contributed by atoms with Gasteiger partial charge in [0.05, 0.1) is 27.7 Å². The van der Waals surface area contributed by atoms with Gasteiger partial charge in [-0.05, 0) is 24.3 Å². The van der Waals surface area contributed by atoms with Gasteiger partial charge in [0.2, 0.25) is 5.91 Å². The van der Waals surface area contributed by atoms with Gasteiger partial charge in [-0.2, -0.15) is 0 Å². The zero-order chi connectivity index (χ0) is 18.8. The Hall–Kier alpha value is -3.06. The number of benzene rings is 2. The number of fused-ring (bicyclic) bond motifs is 2. The van der Waals surface area contributed by atoms with E-state index in [9.17, 15) is 9.59 Å². The molecule has 0 saturated heterocycles. The lowest BCUT2D eigenvalue weighted by atomic mass is 10.2. The highest BCUT2D eigenvalue weighted by atomic mass is 32.1. The van der Waals surface area contributed by atoms with Crippen LogP contribution in [0.5, 0.6) is 0 Å². The molecule has 1 N–H and O–H groups in total. The smallest absolute Gasteiger partial charge is 0.258 e. The Bertz CT molecular complexity index is 1150. The van der Waals surface area contributed by atoms with Crippen molar-refractivity contribution in [1.82, 2.24) is 19.9 Å². The number of thiazole rings is 1. The number of aromatic amines is 1. The topological polar surface area (TPSA) is 79.0 Å². The number of amides is 1. The van der Waals surface area contributed by atoms with Gasteiger partial charge >= 0.3 is 0 Å². The molecule has 4 rings (SSSR count). The van der Waals surface area contributed by atoms with Crippen LogP contribution >= 0.6 is 11.3 Å². The number of carbonyl (C=O) groups excluding carboxylic acids is 1. The van der Waals surface area contributed by atoms with E-state index >= 15 is 0 Å². The van der Waals surface area contributed by atoms with E-state index in [2.05, 4.69) is 15.0 Å². The normalized spacial score (nSPS) is 11.1. The van der Waals surface area contributed by atoms with E-state index < -0.39 is 0 Å². The molecule has 0 saturated carbocycles. The first-order chi connectivity index (χ1) is 13.1. The number of nitrogens with zero attached hydrogens (tertiary/aromatic N) is 3. The molecule has 2 heterocycles. The molecule has 4 aromatic rings. The van der Waals surface area contributed by atoms with Gasteiger partial charge in [0.25, 0.3) is 5.56 Å². The molecule has 0 unspecified atom stereocenters. The first-order valence-corrected chi connectivity index (χ1v) is 9.48. The second-order valence-electron chi connectivity index (χ2n) is 6.35. The minimum atomic E-state index is -0.175. The largest absolute Gasteiger partial charge is 0.339 e. The Labute approximate surface area is 159 Å². The maximum atomic E-state index is 12.5. The van der Waals surface area contributed by atoms with Gasteiger partial charge in [-0.15, -0.1) is 11.3 Å². The van der Waals surface area contributed by atoms with Gasteiger partial charge < -0.3 is 9.88 Å². The van der Waals surface area contributed by atoms with E-state index in [1.165, 1.54) is 0 Å². The molecule has 0 bridgehead atoms. The summed E-state index contributed by atoms with van der Waals surface area (Å²) < 4.78 is 1.12. The zero-order valence-electron chi connectivity index (χ0n) is 14.8. The predicted molar refractivity (Wildman–Crippen MR) is 107 cm³/mol. The number of nitrogens with one attached hydrogen (secondary N) is 1. The van der Waals surface area contributed by atoms with Gasteiger partial charge in [0.15, 0.2) is 0 Å². The molecular formula is C20H18N4O2S. The molecule has 0 aliphatic heterocycles. The third-order valence-electron chi connectivity index (χ3n) is 4.37. The summed E-state index contributed by atoms with van der Waals surface area (Å²) in [6.07, 6.45) is 0.672. The molecule has 0 fully saturated rings. The molecule has 27 heavy (non-hydrogen) atoms. The maximum Gasteiger partial charge on any atom is 0.258 e. The van der Waals surface area contributed by atoms with Crippen molar-refractivity contribution < 1.29 is 4.79 Å². The molecule has 6 nitrogen and oxygen atoms in total. The molecule has 7 heteroatoms. The molecule has 2 aromatic heterocycles. The Morgan fingerprint density at radius 3 is 2.63 bits per heavy atom. The number of carbonyl (C=O) groups is 1. The molecule has 2 aromatic carbocycles. The SMILES string of the molecule is CN(Cc1nc2ccccc2s1)C(=O)CCc1nc2ccccc2c(=O)[nH]1. The summed E-state index contributed by atoms with van der Waals surface area (Å²) in [5.41, 5.74) is 1.42. The number of aromatic nitrogens is 3. The predicted octanol–water partition coefficient (Wildman–Crippen LogP) is 3.12. The summed E-state index contributed by atoms with van der Waals surface area (Å²) in [7, 11) is 1.77. The lowest BCUT2D eigenvalue weighted by Gasteiger charge is -2.15. The molecule has 0 atom stereocenters. The van der Waals surface area contributed by atoms with Crippen molar-refractivity contribution >= 4 is 38.4 Å². The third-order valence-corrected chi connectivity index (χ3v) is 5.40. The van der Waals surface area contributed by atoms with Crippen LogP contribution in [0.25, 0.3) is 21.1 Å². The van der Waals surface area contributed by atoms with Crippen LogP contribution in [0.15, 0.2) is 53.3 Å². The average molecular weight is 378 g/mol. The second kappa shape index (κ2) is 7.28. The third kappa shape index (κ3) is 3.73. The first kappa shape index (κ1) is 17.4. The summed E-state index contributed by atoms with van der Waals surface area (Å²) in [4.78, 5) is 38.0. The van der Waals surface area contributed by atoms with Gasteiger partial charge in [0, 0.05) is 19.9 Å². The van der Waals surface area contributed by atoms with Crippen LogP contribution in [0.4, 0.5) is 0 Å². The van der Waals surface area contributed by atoms with E-state index in [0.29, 0.717) is 29.7 Å². The lowest BCUT2D eigenvalue weighted by Crippen LogP contribution is -2.26. The average Bonchev–Trinajstić information content (AvgIpc) is 3.08. The van der Waals surface area contributed by atoms with Gasteiger partial charge in [-0.3, -0.25) is 9.59 Å². The van der Waals surface area contributed by atoms with Crippen LogP contribution in [-0.4, -0.2) is 32.8 Å². The summed E-state index contributed by atoms with van der Waals surface area (Å²) in [5, 5.41) is 1.46. The molecule has 0 radical (unpaired) electrons. The Kier molecular flexibility index (Phi) is 4.68. The van der Waals surface area contributed by atoms with E-state index in [0.717, 1.165) is 15.2 Å². The maximum absolute atomic E-state index is 12.5. The van der Waals surface area contributed by atoms with Gasteiger partial charge in [-0.25, -0.2) is 9.97 Å². The van der Waals surface area contributed by atoms with Crippen molar-refractivity contribution in [1.29, 1.82) is 0 Å². The molecule has 0 aliphatic rings. The summed E-state index contributed by atoms with van der Waals surface area (Å²) in [5.74, 6) is 0.519. The number of H-pyrrole nitrogens is 1. The van der Waals surface area contributed by atoms with Crippen molar-refractivity contribution in [2.45, 2.75) is 19.4 Å². The van der Waals surface area contributed by atoms with Crippen molar-refractivity contribution in [2.75, 3.05) is 7.05 Å². The monoisotopic (exact) mass is 378 g/mol. The first-order valence-electron chi connectivity index (χ1n) is 8.66. The van der Waals surface area contributed by atoms with Crippen LogP contribution in [0, 0.1) is 0 Å². The van der Waals surface area contributed by atoms with Crippen molar-refractivity contribution in [3.8, 4) is 0 Å². The minimum Gasteiger partial charge on any atom is -0.339 e. The lowest BCUT2D eigenvalue weighted by molar-refractivity contribution is -0.130. The van der Waals surface area contributed by atoms with Crippen LogP contribution in [-0.2, 0) is 17.8 Å². The molecule has 0 aliphatic carbocycles. The van der Waals surface area contributed by atoms with E-state index in [4.69, 9.17) is 0 Å². The number of hydrogen-bond acceptors (Lipinski definition) is 5. The van der Waals surface area contributed by atoms with Crippen molar-refractivity contribution in [3.63, 3.8) is 0 Å². The van der Waals surface area contributed by atoms with Crippen LogP contribution in [0.3, 0.4) is 0 Å². The number of para-hydroxylation sites is 2. The zero-order valence-corrected chi connectivity index (χ0v) is 15.6. The van der Waals surface area contributed by atoms with Gasteiger partial charge in [0.1, 0.15) is 10.8 Å². The van der Waals surface area contributed by atoms with Crippen LogP contribution in [0.2, 0.25) is 0 Å². The highest BCUT2D eigenvalue weighted by Crippen LogP contribution is 2.22. The van der Waals surface area contributed by atoms with Crippen molar-refractivity contribution in [2.24, 2.45) is 0 Å². The number of aryl methyl sites for hydroxylation is 1. The standard InChI is InChI=1S/C20H18N4O2S/c1-24(12-18-22-15-8-4-5-9-16(15)27-18)19(25)11-10-17-21-14-7-3-2-6-13(14)20(26)23-17/h2-9H,10-12H2,1H3,(H,21,23,26). The fourth-order valence-corrected chi connectivity index (χ4v) is 3.97. The summed E-state index contributed by atoms with van der Waals surface area (Å²) >= 11 is 1.60. The fourth-order valence-electron chi connectivity index (χ4n) is 2.95. The molecular weight excluding hydrogens is 360 g/mol. The highest BCUT2D eigenvalue weighted by Gasteiger charge is 2.13. The number of rotatable bonds is 5. The van der Waals surface area contributed by atoms with E-state index in [1.807, 2.05) is 30.3 Å². The highest BCUT2D eigenvalue weighted by molar-refractivity contribution is 7.18. The Morgan fingerprint density at radius 1 is 1.07 bits per heavy atom. The Morgan fingerprint density at radius 2 is 1.81 bits per heavy atom. The van der Waals surface area contributed by atoms with E-state index in [1.54, 1.807) is 41.5 Å². The molecule has 1 amide bonds. The van der Waals surface area contributed by atoms with Gasteiger partial charge in [-0.1, -0.05) is 24.3 Å². The molecule has 0 spiro atoms. The summed E-state index contributed by atoms with van der Waals surface area (Å²) in [6.45, 7) is 0.472. The van der Waals surface area contributed by atoms with E-state index in [-0.39, 0.29) is 17.9 Å².